The van der Waals surface area contributed by atoms with Crippen LogP contribution in [0.2, 0.25) is 0 Å². The third kappa shape index (κ3) is 4.07. The molecule has 0 aromatic carbocycles. The first kappa shape index (κ1) is 13.5. The van der Waals surface area contributed by atoms with Crippen LogP contribution < -0.4 is 5.32 Å². The van der Waals surface area contributed by atoms with Crippen molar-refractivity contribution < 1.29 is 4.74 Å². The van der Waals surface area contributed by atoms with Crippen LogP contribution in [0, 0.1) is 0 Å². The van der Waals surface area contributed by atoms with E-state index in [4.69, 9.17) is 4.74 Å². The smallest absolute Gasteiger partial charge is 0.140 e. The zero-order valence-corrected chi connectivity index (χ0v) is 11.3. The quantitative estimate of drug-likeness (QED) is 0.716. The zero-order chi connectivity index (χ0) is 12.6. The molecule has 1 aromatic rings. The minimum absolute atomic E-state index is 0.510. The third-order valence-electron chi connectivity index (χ3n) is 3.35. The lowest BCUT2D eigenvalue weighted by Crippen LogP contribution is -2.23. The first-order valence-corrected chi connectivity index (χ1v) is 7.09. The van der Waals surface area contributed by atoms with Crippen LogP contribution in [-0.2, 0) is 17.8 Å². The van der Waals surface area contributed by atoms with Gasteiger partial charge < -0.3 is 10.1 Å². The predicted molar refractivity (Wildman–Crippen MR) is 70.2 cm³/mol. The van der Waals surface area contributed by atoms with E-state index in [1.165, 1.54) is 25.7 Å². The van der Waals surface area contributed by atoms with Crippen LogP contribution in [0.15, 0.2) is 6.33 Å². The molecule has 0 saturated heterocycles. The summed E-state index contributed by atoms with van der Waals surface area (Å²) in [6, 6.07) is 0. The van der Waals surface area contributed by atoms with E-state index in [0.29, 0.717) is 6.10 Å². The monoisotopic (exact) mass is 252 g/mol. The van der Waals surface area contributed by atoms with Crippen molar-refractivity contribution in [2.24, 2.45) is 0 Å². The topological polar surface area (TPSA) is 52.0 Å². The molecule has 0 unspecified atom stereocenters. The van der Waals surface area contributed by atoms with Crippen molar-refractivity contribution >= 4 is 0 Å². The van der Waals surface area contributed by atoms with Crippen LogP contribution >= 0.6 is 0 Å². The van der Waals surface area contributed by atoms with E-state index in [1.54, 1.807) is 6.33 Å². The molecule has 1 heterocycles. The Balaban J connectivity index is 1.58. The lowest BCUT2D eigenvalue weighted by molar-refractivity contribution is 0.0601. The van der Waals surface area contributed by atoms with E-state index in [2.05, 4.69) is 22.3 Å². The van der Waals surface area contributed by atoms with Gasteiger partial charge in [0.2, 0.25) is 0 Å². The molecule has 5 heteroatoms. The Bertz CT molecular complexity index is 333. The Morgan fingerprint density at radius 1 is 1.44 bits per heavy atom. The Labute approximate surface area is 109 Å². The summed E-state index contributed by atoms with van der Waals surface area (Å²) in [5.74, 6) is 1.01. The van der Waals surface area contributed by atoms with Crippen molar-refractivity contribution in [2.75, 3.05) is 13.2 Å². The molecule has 0 aliphatic heterocycles. The summed E-state index contributed by atoms with van der Waals surface area (Å²) in [7, 11) is 0. The van der Waals surface area contributed by atoms with E-state index in [9.17, 15) is 0 Å². The number of nitrogens with one attached hydrogen (secondary N) is 1. The Morgan fingerprint density at radius 3 is 3.06 bits per heavy atom. The molecule has 102 valence electrons. The fraction of sp³-hybridized carbons (Fsp3) is 0.846. The summed E-state index contributed by atoms with van der Waals surface area (Å²) in [6.45, 7) is 5.54. The van der Waals surface area contributed by atoms with Gasteiger partial charge in [0, 0.05) is 13.1 Å². The molecule has 1 aliphatic rings. The molecule has 0 radical (unpaired) electrons. The number of hydrogen-bond acceptors (Lipinski definition) is 4. The van der Waals surface area contributed by atoms with Crippen LogP contribution in [0.3, 0.4) is 0 Å². The van der Waals surface area contributed by atoms with Gasteiger partial charge in [-0.1, -0.05) is 19.8 Å². The molecule has 1 fully saturated rings. The number of aryl methyl sites for hydroxylation is 1. The van der Waals surface area contributed by atoms with Gasteiger partial charge in [0.15, 0.2) is 0 Å². The minimum Gasteiger partial charge on any atom is -0.377 e. The summed E-state index contributed by atoms with van der Waals surface area (Å²) >= 11 is 0. The molecular weight excluding hydrogens is 228 g/mol. The Hall–Kier alpha value is -0.940. The highest BCUT2D eigenvalue weighted by atomic mass is 16.5. The normalized spacial score (nSPS) is 16.5. The summed E-state index contributed by atoms with van der Waals surface area (Å²) in [5, 5.41) is 7.56. The number of rotatable bonds is 8. The number of hydrogen-bond donors (Lipinski definition) is 1. The van der Waals surface area contributed by atoms with Gasteiger partial charge in [-0.15, -0.1) is 0 Å². The second kappa shape index (κ2) is 7.48. The maximum Gasteiger partial charge on any atom is 0.140 e. The van der Waals surface area contributed by atoms with Gasteiger partial charge in [-0.25, -0.2) is 9.67 Å². The number of aromatic nitrogens is 3. The fourth-order valence-corrected chi connectivity index (χ4v) is 2.38. The van der Waals surface area contributed by atoms with Crippen LogP contribution in [0.25, 0.3) is 0 Å². The zero-order valence-electron chi connectivity index (χ0n) is 11.3. The number of ether oxygens (including phenoxy) is 1. The van der Waals surface area contributed by atoms with Crippen molar-refractivity contribution in [3.8, 4) is 0 Å². The van der Waals surface area contributed by atoms with Crippen LogP contribution in [0.4, 0.5) is 0 Å². The first-order chi connectivity index (χ1) is 8.90. The van der Waals surface area contributed by atoms with Gasteiger partial charge in [0.05, 0.1) is 19.3 Å². The minimum atomic E-state index is 0.510. The van der Waals surface area contributed by atoms with E-state index in [-0.39, 0.29) is 0 Å². The lowest BCUT2D eigenvalue weighted by atomic mass is 10.3. The molecule has 0 spiro atoms. The summed E-state index contributed by atoms with van der Waals surface area (Å²) in [5.41, 5.74) is 0. The molecule has 0 atom stereocenters. The summed E-state index contributed by atoms with van der Waals surface area (Å²) < 4.78 is 7.76. The highest BCUT2D eigenvalue weighted by molar-refractivity contribution is 4.83. The molecule has 1 saturated carbocycles. The van der Waals surface area contributed by atoms with Crippen molar-refractivity contribution in [1.29, 1.82) is 0 Å². The van der Waals surface area contributed by atoms with E-state index < -0.39 is 0 Å². The molecule has 18 heavy (non-hydrogen) atoms. The predicted octanol–water partition coefficient (Wildman–Crippen LogP) is 1.74. The maximum atomic E-state index is 5.79. The Morgan fingerprint density at radius 2 is 2.28 bits per heavy atom. The van der Waals surface area contributed by atoms with Gasteiger partial charge >= 0.3 is 0 Å². The second-order valence-corrected chi connectivity index (χ2v) is 4.85. The van der Waals surface area contributed by atoms with Crippen molar-refractivity contribution in [1.82, 2.24) is 20.1 Å². The average Bonchev–Trinajstić information content (AvgIpc) is 3.01. The SMILES string of the molecule is CCCn1ncnc1CNCCOC1CCCC1. The average molecular weight is 252 g/mol. The van der Waals surface area contributed by atoms with Crippen LogP contribution in [-0.4, -0.2) is 34.0 Å². The van der Waals surface area contributed by atoms with Crippen molar-refractivity contribution in [2.45, 2.75) is 58.2 Å². The van der Waals surface area contributed by atoms with E-state index in [0.717, 1.165) is 38.5 Å². The molecule has 5 nitrogen and oxygen atoms in total. The summed E-state index contributed by atoms with van der Waals surface area (Å²) in [4.78, 5) is 4.26. The van der Waals surface area contributed by atoms with Gasteiger partial charge in [-0.2, -0.15) is 5.10 Å². The van der Waals surface area contributed by atoms with Gasteiger partial charge in [0.1, 0.15) is 12.2 Å². The van der Waals surface area contributed by atoms with Crippen molar-refractivity contribution in [3.63, 3.8) is 0 Å². The van der Waals surface area contributed by atoms with E-state index >= 15 is 0 Å². The van der Waals surface area contributed by atoms with E-state index in [1.807, 2.05) is 4.68 Å². The van der Waals surface area contributed by atoms with Gasteiger partial charge in [-0.3, -0.25) is 0 Å². The molecule has 0 amide bonds. The summed E-state index contributed by atoms with van der Waals surface area (Å²) in [6.07, 6.45) is 8.37. The standard InChI is InChI=1S/C13H24N4O/c1-2-8-17-13(15-11-16-17)10-14-7-9-18-12-5-3-4-6-12/h11-12,14H,2-10H2,1H3. The maximum absolute atomic E-state index is 5.79. The van der Waals surface area contributed by atoms with Gasteiger partial charge in [-0.05, 0) is 19.3 Å². The highest BCUT2D eigenvalue weighted by Crippen LogP contribution is 2.20. The van der Waals surface area contributed by atoms with Crippen molar-refractivity contribution in [3.05, 3.63) is 12.2 Å². The molecule has 1 aromatic heterocycles. The van der Waals surface area contributed by atoms with Crippen LogP contribution in [0.1, 0.15) is 44.9 Å². The molecule has 1 N–H and O–H groups in total. The largest absolute Gasteiger partial charge is 0.377 e. The molecule has 0 bridgehead atoms. The second-order valence-electron chi connectivity index (χ2n) is 4.85. The lowest BCUT2D eigenvalue weighted by Gasteiger charge is -2.11. The van der Waals surface area contributed by atoms with Gasteiger partial charge in [0.25, 0.3) is 0 Å². The molecular formula is C13H24N4O. The van der Waals surface area contributed by atoms with Crippen LogP contribution in [0.5, 0.6) is 0 Å². The molecule has 1 aliphatic carbocycles. The third-order valence-corrected chi connectivity index (χ3v) is 3.35. The fourth-order valence-electron chi connectivity index (χ4n) is 2.38. The first-order valence-electron chi connectivity index (χ1n) is 7.09. The Kier molecular flexibility index (Phi) is 5.61. The number of nitrogens with zero attached hydrogens (tertiary/aromatic N) is 3. The highest BCUT2D eigenvalue weighted by Gasteiger charge is 2.14. The molecule has 2 rings (SSSR count).